The number of aromatic nitrogens is 3. The first-order valence-electron chi connectivity index (χ1n) is 3.76. The lowest BCUT2D eigenvalue weighted by atomic mass is 10.5. The van der Waals surface area contributed by atoms with E-state index in [4.69, 9.17) is 0 Å². The van der Waals surface area contributed by atoms with Crippen molar-refractivity contribution in [3.8, 4) is 0 Å². The van der Waals surface area contributed by atoms with Gasteiger partial charge in [0.1, 0.15) is 5.03 Å². The standard InChI is InChI=1S/C7H11N3OS/c1-3-4-10-7(11)9-6(12-2)5-8-10/h5H,3-4H2,1-2H3. The van der Waals surface area contributed by atoms with E-state index in [1.54, 1.807) is 6.20 Å². The van der Waals surface area contributed by atoms with Gasteiger partial charge in [0.2, 0.25) is 0 Å². The minimum atomic E-state index is -0.260. The van der Waals surface area contributed by atoms with Gasteiger partial charge in [0, 0.05) is 6.54 Å². The van der Waals surface area contributed by atoms with Gasteiger partial charge in [-0.05, 0) is 12.7 Å². The highest BCUT2D eigenvalue weighted by atomic mass is 32.2. The molecular weight excluding hydrogens is 174 g/mol. The van der Waals surface area contributed by atoms with E-state index in [0.29, 0.717) is 11.6 Å². The van der Waals surface area contributed by atoms with Gasteiger partial charge in [-0.15, -0.1) is 11.8 Å². The number of thioether (sulfide) groups is 1. The summed E-state index contributed by atoms with van der Waals surface area (Å²) in [5.41, 5.74) is -0.260. The van der Waals surface area contributed by atoms with E-state index in [1.807, 2.05) is 13.2 Å². The van der Waals surface area contributed by atoms with Crippen LogP contribution >= 0.6 is 11.8 Å². The fourth-order valence-corrected chi connectivity index (χ4v) is 1.13. The highest BCUT2D eigenvalue weighted by Crippen LogP contribution is 2.04. The molecule has 0 spiro atoms. The van der Waals surface area contributed by atoms with E-state index in [-0.39, 0.29) is 5.69 Å². The van der Waals surface area contributed by atoms with Crippen molar-refractivity contribution in [1.82, 2.24) is 14.8 Å². The highest BCUT2D eigenvalue weighted by molar-refractivity contribution is 7.98. The molecule has 1 aromatic rings. The number of nitrogens with zero attached hydrogens (tertiary/aromatic N) is 3. The monoisotopic (exact) mass is 185 g/mol. The van der Waals surface area contributed by atoms with Crippen LogP contribution in [-0.2, 0) is 6.54 Å². The Kier molecular flexibility index (Phi) is 3.28. The molecule has 0 fully saturated rings. The molecule has 5 heteroatoms. The molecule has 0 N–H and O–H groups in total. The van der Waals surface area contributed by atoms with Gasteiger partial charge in [0.25, 0.3) is 0 Å². The van der Waals surface area contributed by atoms with Gasteiger partial charge < -0.3 is 0 Å². The Morgan fingerprint density at radius 1 is 1.67 bits per heavy atom. The molecule has 1 heterocycles. The molecule has 0 aliphatic rings. The Morgan fingerprint density at radius 3 is 2.92 bits per heavy atom. The zero-order chi connectivity index (χ0) is 8.97. The minimum absolute atomic E-state index is 0.260. The summed E-state index contributed by atoms with van der Waals surface area (Å²) in [5.74, 6) is 0. The molecule has 66 valence electrons. The van der Waals surface area contributed by atoms with Crippen molar-refractivity contribution < 1.29 is 0 Å². The number of rotatable bonds is 3. The van der Waals surface area contributed by atoms with Gasteiger partial charge >= 0.3 is 5.69 Å². The van der Waals surface area contributed by atoms with E-state index in [1.165, 1.54) is 16.4 Å². The SMILES string of the molecule is CCCn1ncc(SC)nc1=O. The van der Waals surface area contributed by atoms with Crippen molar-refractivity contribution in [2.45, 2.75) is 24.9 Å². The van der Waals surface area contributed by atoms with Crippen LogP contribution in [-0.4, -0.2) is 21.0 Å². The Morgan fingerprint density at radius 2 is 2.42 bits per heavy atom. The van der Waals surface area contributed by atoms with Crippen molar-refractivity contribution in [1.29, 1.82) is 0 Å². The van der Waals surface area contributed by atoms with E-state index in [0.717, 1.165) is 6.42 Å². The van der Waals surface area contributed by atoms with Crippen molar-refractivity contribution in [2.24, 2.45) is 0 Å². The van der Waals surface area contributed by atoms with Crippen LogP contribution in [0.5, 0.6) is 0 Å². The van der Waals surface area contributed by atoms with Crippen LogP contribution in [0.25, 0.3) is 0 Å². The van der Waals surface area contributed by atoms with Gasteiger partial charge in [-0.2, -0.15) is 10.1 Å². The van der Waals surface area contributed by atoms with Crippen LogP contribution in [0.1, 0.15) is 13.3 Å². The van der Waals surface area contributed by atoms with Crippen molar-refractivity contribution in [2.75, 3.05) is 6.26 Å². The Balaban J connectivity index is 2.96. The maximum Gasteiger partial charge on any atom is 0.365 e. The molecule has 1 rings (SSSR count). The Hall–Kier alpha value is -0.840. The van der Waals surface area contributed by atoms with Crippen LogP contribution in [0.3, 0.4) is 0 Å². The number of hydrogen-bond acceptors (Lipinski definition) is 4. The van der Waals surface area contributed by atoms with E-state index in [2.05, 4.69) is 10.1 Å². The first kappa shape index (κ1) is 9.25. The maximum atomic E-state index is 11.2. The van der Waals surface area contributed by atoms with E-state index >= 15 is 0 Å². The molecule has 0 amide bonds. The van der Waals surface area contributed by atoms with Crippen LogP contribution < -0.4 is 5.69 Å². The molecule has 0 unspecified atom stereocenters. The van der Waals surface area contributed by atoms with Gasteiger partial charge in [-0.25, -0.2) is 9.48 Å². The van der Waals surface area contributed by atoms with Gasteiger partial charge in [-0.3, -0.25) is 0 Å². The summed E-state index contributed by atoms with van der Waals surface area (Å²) in [6, 6.07) is 0. The van der Waals surface area contributed by atoms with Gasteiger partial charge in [0.05, 0.1) is 6.20 Å². The molecule has 1 aromatic heterocycles. The molecule has 0 aliphatic carbocycles. The van der Waals surface area contributed by atoms with Gasteiger partial charge in [0.15, 0.2) is 0 Å². The maximum absolute atomic E-state index is 11.2. The van der Waals surface area contributed by atoms with E-state index in [9.17, 15) is 4.79 Å². The number of aryl methyl sites for hydroxylation is 1. The molecule has 0 aromatic carbocycles. The molecule has 0 saturated carbocycles. The lowest BCUT2D eigenvalue weighted by Gasteiger charge is -2.00. The van der Waals surface area contributed by atoms with Crippen LogP contribution in [0.15, 0.2) is 16.0 Å². The summed E-state index contributed by atoms with van der Waals surface area (Å²) in [6.45, 7) is 2.64. The first-order valence-corrected chi connectivity index (χ1v) is 4.98. The largest absolute Gasteiger partial charge is 0.365 e. The lowest BCUT2D eigenvalue weighted by Crippen LogP contribution is -2.25. The molecular formula is C7H11N3OS. The third-order valence-corrected chi connectivity index (χ3v) is 1.99. The average Bonchev–Trinajstić information content (AvgIpc) is 2.09. The van der Waals surface area contributed by atoms with Crippen molar-refractivity contribution in [3.63, 3.8) is 0 Å². The van der Waals surface area contributed by atoms with Crippen LogP contribution in [0.2, 0.25) is 0 Å². The third kappa shape index (κ3) is 2.07. The first-order chi connectivity index (χ1) is 5.77. The quantitative estimate of drug-likeness (QED) is 0.653. The summed E-state index contributed by atoms with van der Waals surface area (Å²) in [6.07, 6.45) is 4.38. The molecule has 12 heavy (non-hydrogen) atoms. The molecule has 0 bridgehead atoms. The van der Waals surface area contributed by atoms with Crippen LogP contribution in [0, 0.1) is 0 Å². The predicted octanol–water partition coefficient (Wildman–Crippen LogP) is 0.770. The summed E-state index contributed by atoms with van der Waals surface area (Å²) in [5, 5.41) is 4.63. The molecule has 0 aliphatic heterocycles. The molecule has 0 radical (unpaired) electrons. The zero-order valence-corrected chi connectivity index (χ0v) is 7.97. The van der Waals surface area contributed by atoms with Crippen LogP contribution in [0.4, 0.5) is 0 Å². The van der Waals surface area contributed by atoms with E-state index < -0.39 is 0 Å². The highest BCUT2D eigenvalue weighted by Gasteiger charge is 1.98. The lowest BCUT2D eigenvalue weighted by molar-refractivity contribution is 0.539. The minimum Gasteiger partial charge on any atom is -0.244 e. The summed E-state index contributed by atoms with van der Waals surface area (Å²) >= 11 is 1.42. The number of hydrogen-bond donors (Lipinski definition) is 0. The Bertz CT molecular complexity index is 310. The summed E-state index contributed by atoms with van der Waals surface area (Å²) < 4.78 is 1.37. The van der Waals surface area contributed by atoms with Gasteiger partial charge in [-0.1, -0.05) is 6.92 Å². The normalized spacial score (nSPS) is 10.2. The van der Waals surface area contributed by atoms with Crippen molar-refractivity contribution in [3.05, 3.63) is 16.7 Å². The molecule has 0 atom stereocenters. The third-order valence-electron chi connectivity index (χ3n) is 1.38. The smallest absolute Gasteiger partial charge is 0.244 e. The predicted molar refractivity (Wildman–Crippen MR) is 48.4 cm³/mol. The summed E-state index contributed by atoms with van der Waals surface area (Å²) in [7, 11) is 0. The second-order valence-corrected chi connectivity index (χ2v) is 3.13. The molecule has 0 saturated heterocycles. The average molecular weight is 185 g/mol. The topological polar surface area (TPSA) is 47.8 Å². The Labute approximate surface area is 75.0 Å². The fraction of sp³-hybridized carbons (Fsp3) is 0.571. The second kappa shape index (κ2) is 4.25. The van der Waals surface area contributed by atoms with Crippen molar-refractivity contribution >= 4 is 11.8 Å². The molecule has 4 nitrogen and oxygen atoms in total. The zero-order valence-electron chi connectivity index (χ0n) is 7.15. The second-order valence-electron chi connectivity index (χ2n) is 2.30. The fourth-order valence-electron chi connectivity index (χ4n) is 0.813. The summed E-state index contributed by atoms with van der Waals surface area (Å²) in [4.78, 5) is 15.0.